The molecule has 3 heteroatoms. The maximum Gasteiger partial charge on any atom is 0.303 e. The molecule has 0 rings (SSSR count). The van der Waals surface area contributed by atoms with Crippen LogP contribution in [0.25, 0.3) is 0 Å². The van der Waals surface area contributed by atoms with Crippen molar-refractivity contribution in [2.24, 2.45) is 5.73 Å². The molecule has 0 spiro atoms. The molecule has 0 aromatic rings. The lowest BCUT2D eigenvalue weighted by Crippen LogP contribution is -2.02. The van der Waals surface area contributed by atoms with Crippen molar-refractivity contribution in [1.29, 1.82) is 0 Å². The number of aliphatic carboxylic acids is 1. The first-order chi connectivity index (χ1) is 5.44. The average molecular weight is 110 g/mol. The molecule has 0 unspecified atom stereocenters. The minimum atomic E-state index is -3.37. The number of hydrogen-bond donors (Lipinski definition) is 2. The van der Waals surface area contributed by atoms with Crippen molar-refractivity contribution in [3.8, 4) is 0 Å². The molecule has 7 heavy (non-hydrogen) atoms. The third kappa shape index (κ3) is 5.43. The zero-order chi connectivity index (χ0) is 11.1. The molecule has 0 aromatic heterocycles. The van der Waals surface area contributed by atoms with Crippen molar-refractivity contribution < 1.29 is 18.1 Å². The Kier molecular flexibility index (Phi) is 0.749. The van der Waals surface area contributed by atoms with Gasteiger partial charge in [-0.05, 0) is 12.9 Å². The predicted molar refractivity (Wildman–Crippen MR) is 25.9 cm³/mol. The van der Waals surface area contributed by atoms with Gasteiger partial charge < -0.3 is 10.8 Å². The number of carbonyl (C=O) groups is 1. The van der Waals surface area contributed by atoms with Crippen molar-refractivity contribution in [2.45, 2.75) is 12.7 Å². The molecule has 0 heterocycles. The van der Waals surface area contributed by atoms with E-state index in [1.807, 2.05) is 0 Å². The highest BCUT2D eigenvalue weighted by molar-refractivity contribution is 5.66. The molecular formula is C4H9NO2. The number of carboxylic acid groups (broad SMARTS) is 1. The summed E-state index contributed by atoms with van der Waals surface area (Å²) < 4.78 is 41.0. The van der Waals surface area contributed by atoms with Gasteiger partial charge in [-0.1, -0.05) is 0 Å². The van der Waals surface area contributed by atoms with Gasteiger partial charge in [0.25, 0.3) is 0 Å². The van der Waals surface area contributed by atoms with E-state index in [-0.39, 0.29) is 0 Å². The molecule has 0 saturated heterocycles. The standard InChI is InChI=1S/C4H9NO2/c5-3-1-2-4(6)7/h1-3,5H2,(H,6,7)/i1+1D2,2D2,3D2. The Balaban J connectivity index is 5.16. The summed E-state index contributed by atoms with van der Waals surface area (Å²) in [6.45, 7) is -3.06. The molecule has 0 aliphatic carbocycles. The molecular weight excluding hydrogens is 95.0 g/mol. The topological polar surface area (TPSA) is 63.3 Å². The van der Waals surface area contributed by atoms with Crippen LogP contribution in [0.4, 0.5) is 0 Å². The van der Waals surface area contributed by atoms with E-state index in [4.69, 9.17) is 19.1 Å². The molecule has 0 aromatic carbocycles. The van der Waals surface area contributed by atoms with Crippen LogP contribution >= 0.6 is 0 Å². The molecule has 0 bridgehead atoms. The first-order valence-electron chi connectivity index (χ1n) is 4.47. The van der Waals surface area contributed by atoms with E-state index < -0.39 is 25.2 Å². The van der Waals surface area contributed by atoms with Gasteiger partial charge >= 0.3 is 5.97 Å². The molecule has 0 atom stereocenters. The van der Waals surface area contributed by atoms with Crippen LogP contribution in [0.2, 0.25) is 0 Å². The second kappa shape index (κ2) is 3.61. The van der Waals surface area contributed by atoms with Gasteiger partial charge in [0.2, 0.25) is 0 Å². The van der Waals surface area contributed by atoms with E-state index in [1.54, 1.807) is 0 Å². The predicted octanol–water partition coefficient (Wildman–Crippen LogP) is -0.190. The van der Waals surface area contributed by atoms with Crippen molar-refractivity contribution in [3.05, 3.63) is 0 Å². The summed E-state index contributed by atoms with van der Waals surface area (Å²) in [4.78, 5) is 10.3. The van der Waals surface area contributed by atoms with Crippen molar-refractivity contribution in [1.82, 2.24) is 0 Å². The highest BCUT2D eigenvalue weighted by atomic mass is 16.4. The Morgan fingerprint density at radius 2 is 2.57 bits per heavy atom. The fourth-order valence-electron chi connectivity index (χ4n) is 0.0896. The maximum absolute atomic E-state index is 10.3. The van der Waals surface area contributed by atoms with E-state index >= 15 is 0 Å². The van der Waals surface area contributed by atoms with Crippen LogP contribution < -0.4 is 5.73 Å². The summed E-state index contributed by atoms with van der Waals surface area (Å²) in [7, 11) is 0. The lowest BCUT2D eigenvalue weighted by Gasteiger charge is -1.86. The summed E-state index contributed by atoms with van der Waals surface area (Å²) in [5, 5.41) is 8.30. The van der Waals surface area contributed by atoms with Crippen molar-refractivity contribution in [3.63, 3.8) is 0 Å². The molecule has 42 valence electrons. The van der Waals surface area contributed by atoms with Crippen LogP contribution in [0.15, 0.2) is 0 Å². The summed E-state index contributed by atoms with van der Waals surface area (Å²) in [6.07, 6.45) is -6.67. The van der Waals surface area contributed by atoms with Crippen LogP contribution in [0, 0.1) is 0 Å². The Hall–Kier alpha value is -0.570. The van der Waals surface area contributed by atoms with Crippen molar-refractivity contribution in [2.75, 3.05) is 6.50 Å². The van der Waals surface area contributed by atoms with E-state index in [1.165, 1.54) is 0 Å². The quantitative estimate of drug-likeness (QED) is 0.495. The minimum absolute atomic E-state index is 2.09. The third-order valence-corrected chi connectivity index (χ3v) is 0.242. The van der Waals surface area contributed by atoms with Crippen molar-refractivity contribution >= 4 is 5.97 Å². The monoisotopic (exact) mass is 110 g/mol. The van der Waals surface area contributed by atoms with Crippen LogP contribution in [0.1, 0.15) is 21.0 Å². The van der Waals surface area contributed by atoms with Crippen LogP contribution in [0.3, 0.4) is 0 Å². The molecule has 0 amide bonds. The van der Waals surface area contributed by atoms with Gasteiger partial charge in [-0.25, -0.2) is 0 Å². The molecule has 3 N–H and O–H groups in total. The summed E-state index contributed by atoms with van der Waals surface area (Å²) >= 11 is 0. The van der Waals surface area contributed by atoms with Crippen LogP contribution in [-0.2, 0) is 4.79 Å². The van der Waals surface area contributed by atoms with E-state index in [0.717, 1.165) is 0 Å². The second-order valence-electron chi connectivity index (χ2n) is 0.699. The molecule has 0 fully saturated rings. The highest BCUT2D eigenvalue weighted by Crippen LogP contribution is 1.82. The number of rotatable bonds is 3. The zero-order valence-corrected chi connectivity index (χ0v) is 3.43. The Morgan fingerprint density at radius 3 is 2.71 bits per heavy atom. The Morgan fingerprint density at radius 1 is 2.00 bits per heavy atom. The first-order valence-corrected chi connectivity index (χ1v) is 1.47. The van der Waals surface area contributed by atoms with Gasteiger partial charge in [0.05, 0.1) is 0 Å². The lowest BCUT2D eigenvalue weighted by atomic mass is 10.5. The summed E-state index contributed by atoms with van der Waals surface area (Å²) in [5.74, 6) is -2.09. The average Bonchev–Trinajstić information content (AvgIpc) is 1.84. The van der Waals surface area contributed by atoms with Gasteiger partial charge in [0.1, 0.15) is 0 Å². The van der Waals surface area contributed by atoms with Gasteiger partial charge in [-0.3, -0.25) is 4.79 Å². The minimum Gasteiger partial charge on any atom is -0.481 e. The molecule has 0 radical (unpaired) electrons. The third-order valence-electron chi connectivity index (χ3n) is 0.242. The Bertz CT molecular complexity index is 221. The zero-order valence-electron chi connectivity index (χ0n) is 9.43. The lowest BCUT2D eigenvalue weighted by molar-refractivity contribution is -0.137. The molecule has 0 aliphatic rings. The highest BCUT2D eigenvalue weighted by Gasteiger charge is 1.91. The first kappa shape index (κ1) is 1.45. The number of hydrogen-bond acceptors (Lipinski definition) is 2. The van der Waals surface area contributed by atoms with E-state index in [0.29, 0.717) is 0 Å². The SMILES string of the molecule is [2H]C([2H])(N)[13C]([2H])([2H])C([2H])([2H])C(=O)O. The second-order valence-corrected chi connectivity index (χ2v) is 0.699. The van der Waals surface area contributed by atoms with E-state index in [9.17, 15) is 4.79 Å². The van der Waals surface area contributed by atoms with E-state index in [2.05, 4.69) is 0 Å². The van der Waals surface area contributed by atoms with Crippen LogP contribution in [-0.4, -0.2) is 17.6 Å². The molecule has 0 saturated carbocycles. The smallest absolute Gasteiger partial charge is 0.303 e. The fraction of sp³-hybridized carbons (Fsp3) is 0.750. The van der Waals surface area contributed by atoms with Crippen LogP contribution in [0.5, 0.6) is 0 Å². The Labute approximate surface area is 50.6 Å². The van der Waals surface area contributed by atoms with Gasteiger partial charge in [-0.15, -0.1) is 0 Å². The summed E-state index contributed by atoms with van der Waals surface area (Å²) in [6, 6.07) is 0. The largest absolute Gasteiger partial charge is 0.481 e. The fourth-order valence-corrected chi connectivity index (χ4v) is 0.0896. The van der Waals surface area contributed by atoms with Gasteiger partial charge in [0, 0.05) is 14.6 Å². The normalized spacial score (nSPS) is 27.6. The number of nitrogens with two attached hydrogens (primary N) is 1. The maximum atomic E-state index is 10.3. The van der Waals surface area contributed by atoms with Gasteiger partial charge in [0.15, 0.2) is 0 Å². The summed E-state index contributed by atoms with van der Waals surface area (Å²) in [5.41, 5.74) is 4.69. The van der Waals surface area contributed by atoms with Gasteiger partial charge in [-0.2, -0.15) is 0 Å². The molecule has 3 nitrogen and oxygen atoms in total. The number of carboxylic acids is 1. The molecule has 0 aliphatic heterocycles.